The molecule has 2 amide bonds. The molecule has 0 aliphatic carbocycles. The number of aromatic nitrogens is 3. The highest BCUT2D eigenvalue weighted by Gasteiger charge is 2.39. The predicted octanol–water partition coefficient (Wildman–Crippen LogP) is 0.195. The third-order valence-corrected chi connectivity index (χ3v) is 3.89. The summed E-state index contributed by atoms with van der Waals surface area (Å²) < 4.78 is 1.40. The number of carboxylic acids is 1. The summed E-state index contributed by atoms with van der Waals surface area (Å²) in [6.07, 6.45) is 1.31. The minimum Gasteiger partial charge on any atom is -0.480 e. The van der Waals surface area contributed by atoms with Gasteiger partial charge in [-0.05, 0) is 6.92 Å². The fraction of sp³-hybridized carbons (Fsp3) is 0.556. The Morgan fingerprint density at radius 1 is 1.61 bits per heavy atom. The van der Waals surface area contributed by atoms with E-state index in [0.29, 0.717) is 5.75 Å². The van der Waals surface area contributed by atoms with Gasteiger partial charge in [-0.2, -0.15) is 10.1 Å². The molecule has 1 aliphatic rings. The van der Waals surface area contributed by atoms with Crippen LogP contribution in [0.25, 0.3) is 0 Å². The fourth-order valence-corrected chi connectivity index (χ4v) is 2.88. The number of aryl methyl sites for hydroxylation is 1. The lowest BCUT2D eigenvalue weighted by Crippen LogP contribution is -2.47. The molecule has 1 aliphatic heterocycles. The van der Waals surface area contributed by atoms with Crippen molar-refractivity contribution in [3.63, 3.8) is 0 Å². The van der Waals surface area contributed by atoms with Crippen molar-refractivity contribution in [2.75, 3.05) is 11.1 Å². The van der Waals surface area contributed by atoms with Crippen molar-refractivity contribution in [1.82, 2.24) is 19.7 Å². The van der Waals surface area contributed by atoms with E-state index in [9.17, 15) is 9.59 Å². The molecule has 2 N–H and O–H groups in total. The smallest absolute Gasteiger partial charge is 0.327 e. The lowest BCUT2D eigenvalue weighted by molar-refractivity contribution is -0.141. The van der Waals surface area contributed by atoms with E-state index in [0.717, 1.165) is 0 Å². The molecule has 2 heterocycles. The second-order valence-corrected chi connectivity index (χ2v) is 5.18. The molecule has 2 rings (SSSR count). The molecule has 9 heteroatoms. The summed E-state index contributed by atoms with van der Waals surface area (Å²) in [4.78, 5) is 28.3. The first-order valence-corrected chi connectivity index (χ1v) is 6.33. The van der Waals surface area contributed by atoms with Crippen LogP contribution in [0.4, 0.5) is 10.7 Å². The quantitative estimate of drug-likeness (QED) is 0.796. The number of rotatable bonds is 2. The SMILES string of the molecule is CC1SCC(C(=O)O)N1C(=O)Nc1ncnn1C. The molecule has 0 radical (unpaired) electrons. The normalized spacial score (nSPS) is 23.1. The number of hydrogen-bond donors (Lipinski definition) is 2. The molecule has 0 bridgehead atoms. The number of amides is 2. The van der Waals surface area contributed by atoms with Crippen LogP contribution >= 0.6 is 11.8 Å². The molecular weight excluding hydrogens is 258 g/mol. The number of hydrogen-bond acceptors (Lipinski definition) is 5. The molecule has 1 saturated heterocycles. The molecule has 2 atom stereocenters. The predicted molar refractivity (Wildman–Crippen MR) is 65.2 cm³/mol. The summed E-state index contributed by atoms with van der Waals surface area (Å²) in [6.45, 7) is 1.80. The molecule has 0 spiro atoms. The lowest BCUT2D eigenvalue weighted by atomic mass is 10.3. The summed E-state index contributed by atoms with van der Waals surface area (Å²) in [5.41, 5.74) is 0. The number of thioether (sulfide) groups is 1. The van der Waals surface area contributed by atoms with Gasteiger partial charge in [-0.15, -0.1) is 11.8 Å². The van der Waals surface area contributed by atoms with Crippen LogP contribution in [0.5, 0.6) is 0 Å². The highest BCUT2D eigenvalue weighted by molar-refractivity contribution is 8.00. The zero-order valence-corrected chi connectivity index (χ0v) is 10.7. The van der Waals surface area contributed by atoms with Crippen molar-refractivity contribution >= 4 is 29.7 Å². The molecule has 18 heavy (non-hydrogen) atoms. The number of nitrogens with zero attached hydrogens (tertiary/aromatic N) is 4. The minimum absolute atomic E-state index is 0.181. The maximum atomic E-state index is 12.0. The van der Waals surface area contributed by atoms with Crippen molar-refractivity contribution in [3.05, 3.63) is 6.33 Å². The Kier molecular flexibility index (Phi) is 3.41. The van der Waals surface area contributed by atoms with Gasteiger partial charge in [0.15, 0.2) is 0 Å². The van der Waals surface area contributed by atoms with E-state index in [-0.39, 0.29) is 11.3 Å². The number of nitrogens with one attached hydrogen (secondary N) is 1. The van der Waals surface area contributed by atoms with E-state index in [1.165, 1.54) is 27.7 Å². The van der Waals surface area contributed by atoms with Gasteiger partial charge in [-0.25, -0.2) is 14.3 Å². The average molecular weight is 271 g/mol. The van der Waals surface area contributed by atoms with Gasteiger partial charge in [0.05, 0.1) is 5.37 Å². The van der Waals surface area contributed by atoms with Crippen LogP contribution in [0.3, 0.4) is 0 Å². The highest BCUT2D eigenvalue weighted by Crippen LogP contribution is 2.29. The fourth-order valence-electron chi connectivity index (χ4n) is 1.71. The largest absolute Gasteiger partial charge is 0.480 e. The number of aliphatic carboxylic acids is 1. The third-order valence-electron chi connectivity index (χ3n) is 2.67. The molecular formula is C9H13N5O3S. The number of carbonyl (C=O) groups excluding carboxylic acids is 1. The van der Waals surface area contributed by atoms with E-state index in [2.05, 4.69) is 15.4 Å². The van der Waals surface area contributed by atoms with Crippen molar-refractivity contribution in [3.8, 4) is 0 Å². The maximum Gasteiger partial charge on any atom is 0.327 e. The lowest BCUT2D eigenvalue weighted by Gasteiger charge is -2.24. The van der Waals surface area contributed by atoms with Crippen LogP contribution in [0.15, 0.2) is 6.33 Å². The summed E-state index contributed by atoms with van der Waals surface area (Å²) in [5.74, 6) is -0.323. The van der Waals surface area contributed by atoms with Gasteiger partial charge >= 0.3 is 12.0 Å². The standard InChI is InChI=1S/C9H13N5O3S/c1-5-14(6(3-18-5)7(15)16)9(17)12-8-10-4-11-13(8)2/h4-6H,3H2,1-2H3,(H,15,16)(H,10,11,12,17). The molecule has 2 unspecified atom stereocenters. The molecule has 98 valence electrons. The molecule has 1 aromatic rings. The summed E-state index contributed by atoms with van der Waals surface area (Å²) in [6, 6.07) is -1.28. The summed E-state index contributed by atoms with van der Waals surface area (Å²) in [5, 5.41) is 15.2. The summed E-state index contributed by atoms with van der Waals surface area (Å²) >= 11 is 1.43. The van der Waals surface area contributed by atoms with E-state index >= 15 is 0 Å². The monoisotopic (exact) mass is 271 g/mol. The summed E-state index contributed by atoms with van der Waals surface area (Å²) in [7, 11) is 1.64. The first-order valence-electron chi connectivity index (χ1n) is 5.28. The Labute approximate surface area is 107 Å². The van der Waals surface area contributed by atoms with Crippen molar-refractivity contribution in [2.24, 2.45) is 7.05 Å². The topological polar surface area (TPSA) is 100 Å². The van der Waals surface area contributed by atoms with Gasteiger partial charge in [-0.1, -0.05) is 0 Å². The van der Waals surface area contributed by atoms with Gasteiger partial charge in [0, 0.05) is 12.8 Å². The molecule has 1 aromatic heterocycles. The van der Waals surface area contributed by atoms with Crippen molar-refractivity contribution in [1.29, 1.82) is 0 Å². The van der Waals surface area contributed by atoms with Crippen LogP contribution in [0, 0.1) is 0 Å². The number of urea groups is 1. The number of carbonyl (C=O) groups is 2. The second kappa shape index (κ2) is 4.84. The average Bonchev–Trinajstić information content (AvgIpc) is 2.86. The van der Waals surface area contributed by atoms with E-state index in [4.69, 9.17) is 5.11 Å². The van der Waals surface area contributed by atoms with Gasteiger partial charge in [0.2, 0.25) is 5.95 Å². The second-order valence-electron chi connectivity index (χ2n) is 3.83. The Hall–Kier alpha value is -1.77. The van der Waals surface area contributed by atoms with E-state index < -0.39 is 18.0 Å². The number of anilines is 1. The molecule has 0 aromatic carbocycles. The highest BCUT2D eigenvalue weighted by atomic mass is 32.2. The Morgan fingerprint density at radius 2 is 2.33 bits per heavy atom. The van der Waals surface area contributed by atoms with Crippen LogP contribution in [-0.4, -0.2) is 53.9 Å². The molecule has 8 nitrogen and oxygen atoms in total. The Balaban J connectivity index is 2.12. The first kappa shape index (κ1) is 12.7. The van der Waals surface area contributed by atoms with E-state index in [1.807, 2.05) is 0 Å². The van der Waals surface area contributed by atoms with Crippen LogP contribution in [0.1, 0.15) is 6.92 Å². The first-order chi connectivity index (χ1) is 8.50. The van der Waals surface area contributed by atoms with Crippen LogP contribution in [0.2, 0.25) is 0 Å². The molecule has 0 saturated carbocycles. The van der Waals surface area contributed by atoms with Gasteiger partial charge < -0.3 is 5.11 Å². The van der Waals surface area contributed by atoms with Crippen LogP contribution in [-0.2, 0) is 11.8 Å². The van der Waals surface area contributed by atoms with Gasteiger partial charge in [0.25, 0.3) is 0 Å². The zero-order valence-electron chi connectivity index (χ0n) is 9.90. The Morgan fingerprint density at radius 3 is 2.89 bits per heavy atom. The number of carboxylic acid groups (broad SMARTS) is 1. The third kappa shape index (κ3) is 2.26. The van der Waals surface area contributed by atoms with E-state index in [1.54, 1.807) is 14.0 Å². The Bertz CT molecular complexity index is 477. The van der Waals surface area contributed by atoms with Gasteiger partial charge in [-0.3, -0.25) is 10.2 Å². The van der Waals surface area contributed by atoms with Crippen LogP contribution < -0.4 is 5.32 Å². The van der Waals surface area contributed by atoms with Crippen molar-refractivity contribution < 1.29 is 14.7 Å². The zero-order chi connectivity index (χ0) is 13.3. The van der Waals surface area contributed by atoms with Gasteiger partial charge in [0.1, 0.15) is 12.4 Å². The molecule has 1 fully saturated rings. The van der Waals surface area contributed by atoms with Crippen molar-refractivity contribution in [2.45, 2.75) is 18.3 Å². The maximum absolute atomic E-state index is 12.0. The minimum atomic E-state index is -1.00.